The van der Waals surface area contributed by atoms with Crippen LogP contribution in [0, 0.1) is 6.92 Å². The summed E-state index contributed by atoms with van der Waals surface area (Å²) in [7, 11) is 0. The predicted octanol–water partition coefficient (Wildman–Crippen LogP) is 11.4. The molecule has 0 atom stereocenters. The molecule has 50 heavy (non-hydrogen) atoms. The molecule has 0 saturated heterocycles. The first-order valence-corrected chi connectivity index (χ1v) is 19.0. The Morgan fingerprint density at radius 2 is 1.38 bits per heavy atom. The molecule has 0 N–H and O–H groups in total. The van der Waals surface area contributed by atoms with Crippen molar-refractivity contribution in [3.63, 3.8) is 0 Å². The molecule has 0 aliphatic heterocycles. The molecule has 0 fully saturated rings. The van der Waals surface area contributed by atoms with Crippen LogP contribution in [0.5, 0.6) is 0 Å². The van der Waals surface area contributed by atoms with Gasteiger partial charge < -0.3 is 0 Å². The van der Waals surface area contributed by atoms with Crippen molar-refractivity contribution in [2.45, 2.75) is 46.5 Å². The van der Waals surface area contributed by atoms with Gasteiger partial charge in [-0.25, -0.2) is 0 Å². The van der Waals surface area contributed by atoms with Gasteiger partial charge in [0, 0.05) is 0 Å². The van der Waals surface area contributed by atoms with E-state index in [1.165, 1.54) is 41.8 Å². The van der Waals surface area contributed by atoms with Crippen molar-refractivity contribution in [1.82, 2.24) is 19.5 Å². The van der Waals surface area contributed by atoms with Crippen molar-refractivity contribution in [3.8, 4) is 28.3 Å². The molecule has 0 saturated carbocycles. The molecule has 0 aliphatic rings. The quantitative estimate of drug-likeness (QED) is 0.147. The van der Waals surface area contributed by atoms with Crippen LogP contribution in [0.2, 0.25) is 0 Å². The first-order valence-electron chi connectivity index (χ1n) is 17.3. The average molecular weight is 717 g/mol. The second-order valence-corrected chi connectivity index (χ2v) is 15.5. The molecule has 4 aromatic heterocycles. The van der Waals surface area contributed by atoms with E-state index in [-0.39, 0.29) is 14.5 Å². The van der Waals surface area contributed by atoms with Crippen molar-refractivity contribution >= 4 is 51.1 Å². The molecule has 8 aromatic rings. The summed E-state index contributed by atoms with van der Waals surface area (Å²) in [5.41, 5.74) is 10.2. The topological polar surface area (TPSA) is 46.8 Å². The van der Waals surface area contributed by atoms with Crippen LogP contribution in [0.25, 0.3) is 47.8 Å². The van der Waals surface area contributed by atoms with Gasteiger partial charge in [-0.15, -0.1) is 0 Å². The zero-order valence-electron chi connectivity index (χ0n) is 29.0. The third-order valence-electron chi connectivity index (χ3n) is 9.34. The second kappa shape index (κ2) is 13.2. The third-order valence-corrected chi connectivity index (χ3v) is 11.8. The Kier molecular flexibility index (Phi) is 8.44. The van der Waals surface area contributed by atoms with Crippen LogP contribution >= 0.6 is 0 Å². The van der Waals surface area contributed by atoms with E-state index in [1.807, 2.05) is 6.20 Å². The van der Waals surface area contributed by atoms with Crippen molar-refractivity contribution in [3.05, 3.63) is 151 Å². The summed E-state index contributed by atoms with van der Waals surface area (Å²) >= 11 is 0.115. The van der Waals surface area contributed by atoms with Gasteiger partial charge in [-0.05, 0) is 23.0 Å². The Morgan fingerprint density at radius 3 is 2.16 bits per heavy atom. The molecule has 8 rings (SSSR count). The van der Waals surface area contributed by atoms with E-state index in [2.05, 4.69) is 172 Å². The molecule has 4 aromatic carbocycles. The van der Waals surface area contributed by atoms with E-state index in [0.29, 0.717) is 11.8 Å². The number of anilines is 3. The maximum atomic E-state index is 5.37. The standard InChI is InChI=1S/C44H39N5Se/c1-28(2)34-17-10-18-35(29(3)4)41(34)48-26-25-45-43(48)31-13-9-16-33(27-31)49(32-14-7-6-8-15-32)40-22-12-21-39(47-40)38-20-11-19-36-37-24-23-30(5)46-44(37)50-42(36)38/h6-29H,1-5H3. The number of hydrogen-bond acceptors (Lipinski definition) is 4. The van der Waals surface area contributed by atoms with E-state index in [9.17, 15) is 0 Å². The summed E-state index contributed by atoms with van der Waals surface area (Å²) in [6.45, 7) is 11.1. The number of aromatic nitrogens is 4. The van der Waals surface area contributed by atoms with Gasteiger partial charge >= 0.3 is 232 Å². The Labute approximate surface area is 299 Å². The summed E-state index contributed by atoms with van der Waals surface area (Å²) in [6.07, 6.45) is 4.02. The number of imidazole rings is 1. The minimum atomic E-state index is 0.115. The van der Waals surface area contributed by atoms with Crippen LogP contribution in [0.15, 0.2) is 134 Å². The number of hydrogen-bond donors (Lipinski definition) is 0. The first-order chi connectivity index (χ1) is 24.4. The first kappa shape index (κ1) is 31.9. The molecule has 6 heteroatoms. The zero-order chi connectivity index (χ0) is 34.4. The van der Waals surface area contributed by atoms with Gasteiger partial charge in [0.2, 0.25) is 0 Å². The number of pyridine rings is 2. The van der Waals surface area contributed by atoms with Crippen molar-refractivity contribution in [1.29, 1.82) is 0 Å². The molecule has 0 bridgehead atoms. The van der Waals surface area contributed by atoms with Crippen LogP contribution in [0.4, 0.5) is 17.2 Å². The number of benzene rings is 4. The Hall–Kier alpha value is -5.29. The molecular weight excluding hydrogens is 677 g/mol. The van der Waals surface area contributed by atoms with E-state index in [0.717, 1.165) is 40.0 Å². The van der Waals surface area contributed by atoms with E-state index in [4.69, 9.17) is 15.0 Å². The van der Waals surface area contributed by atoms with E-state index >= 15 is 0 Å². The fourth-order valence-electron chi connectivity index (χ4n) is 6.93. The van der Waals surface area contributed by atoms with Crippen LogP contribution in [-0.2, 0) is 0 Å². The molecule has 0 spiro atoms. The van der Waals surface area contributed by atoms with Crippen LogP contribution < -0.4 is 4.90 Å². The summed E-state index contributed by atoms with van der Waals surface area (Å²) < 4.78 is 4.83. The summed E-state index contributed by atoms with van der Waals surface area (Å²) in [5.74, 6) is 2.52. The van der Waals surface area contributed by atoms with Crippen LogP contribution in [0.3, 0.4) is 0 Å². The predicted molar refractivity (Wildman–Crippen MR) is 210 cm³/mol. The molecule has 0 radical (unpaired) electrons. The molecule has 0 amide bonds. The van der Waals surface area contributed by atoms with Gasteiger partial charge in [0.25, 0.3) is 0 Å². The molecule has 5 nitrogen and oxygen atoms in total. The number of nitrogens with zero attached hydrogens (tertiary/aromatic N) is 5. The van der Waals surface area contributed by atoms with Gasteiger partial charge in [-0.3, -0.25) is 0 Å². The summed E-state index contributed by atoms with van der Waals surface area (Å²) in [4.78, 5) is 17.5. The monoisotopic (exact) mass is 717 g/mol. The zero-order valence-corrected chi connectivity index (χ0v) is 30.7. The fourth-order valence-corrected chi connectivity index (χ4v) is 9.54. The normalized spacial score (nSPS) is 11.7. The molecule has 0 aliphatic carbocycles. The Bertz CT molecular complexity index is 2450. The number of fused-ring (bicyclic) bond motifs is 3. The maximum absolute atomic E-state index is 5.37. The van der Waals surface area contributed by atoms with Gasteiger partial charge in [0.1, 0.15) is 0 Å². The number of rotatable bonds is 8. The average Bonchev–Trinajstić information content (AvgIpc) is 3.77. The number of aryl methyl sites for hydroxylation is 1. The van der Waals surface area contributed by atoms with Gasteiger partial charge in [-0.2, -0.15) is 0 Å². The van der Waals surface area contributed by atoms with Gasteiger partial charge in [0.05, 0.1) is 0 Å². The molecule has 0 unspecified atom stereocenters. The SMILES string of the molecule is Cc1ccc2c(n1)[se]c1c(-c3cccc(N(c4ccccc4)c4cccc(-c5nccn5-c5c(C(C)C)cccc5C(C)C)c4)n3)cccc12. The number of para-hydroxylation sites is 2. The van der Waals surface area contributed by atoms with Crippen LogP contribution in [-0.4, -0.2) is 34.0 Å². The third kappa shape index (κ3) is 5.75. The molecule has 246 valence electrons. The van der Waals surface area contributed by atoms with E-state index in [1.54, 1.807) is 0 Å². The van der Waals surface area contributed by atoms with E-state index < -0.39 is 0 Å². The second-order valence-electron chi connectivity index (χ2n) is 13.4. The van der Waals surface area contributed by atoms with Crippen molar-refractivity contribution in [2.75, 3.05) is 4.90 Å². The summed E-state index contributed by atoms with van der Waals surface area (Å²) in [5, 5.41) is 2.53. The van der Waals surface area contributed by atoms with Crippen molar-refractivity contribution < 1.29 is 0 Å². The van der Waals surface area contributed by atoms with Crippen molar-refractivity contribution in [2.24, 2.45) is 0 Å². The molecular formula is C44H39N5Se. The minimum absolute atomic E-state index is 0.115. The Morgan fingerprint density at radius 1 is 0.660 bits per heavy atom. The van der Waals surface area contributed by atoms with Gasteiger partial charge in [0.15, 0.2) is 0 Å². The molecule has 4 heterocycles. The van der Waals surface area contributed by atoms with Gasteiger partial charge in [-0.1, -0.05) is 45.9 Å². The summed E-state index contributed by atoms with van der Waals surface area (Å²) in [6, 6.07) is 43.1. The fraction of sp³-hybridized carbons (Fsp3) is 0.159. The Balaban J connectivity index is 1.26. The van der Waals surface area contributed by atoms with Crippen LogP contribution in [0.1, 0.15) is 56.4 Å².